The summed E-state index contributed by atoms with van der Waals surface area (Å²) in [6.45, 7) is 6.89. The Balaban J connectivity index is 2.38. The Morgan fingerprint density at radius 2 is 1.81 bits per heavy atom. The van der Waals surface area contributed by atoms with E-state index in [2.05, 4.69) is 5.32 Å². The van der Waals surface area contributed by atoms with Crippen molar-refractivity contribution in [3.63, 3.8) is 0 Å². The Hall–Kier alpha value is -1.30. The van der Waals surface area contributed by atoms with Gasteiger partial charge >= 0.3 is 12.1 Å². The van der Waals surface area contributed by atoms with Gasteiger partial charge in [-0.15, -0.1) is 0 Å². The third kappa shape index (κ3) is 6.80. The van der Waals surface area contributed by atoms with Crippen LogP contribution < -0.4 is 5.32 Å². The summed E-state index contributed by atoms with van der Waals surface area (Å²) in [6.07, 6.45) is 2.90. The average molecular weight is 301 g/mol. The molecule has 0 saturated heterocycles. The second-order valence-electron chi connectivity index (χ2n) is 6.45. The molecule has 6 heteroatoms. The van der Waals surface area contributed by atoms with Crippen molar-refractivity contribution < 1.29 is 23.8 Å². The molecule has 0 aliphatic heterocycles. The molecule has 0 aromatic carbocycles. The van der Waals surface area contributed by atoms with Crippen molar-refractivity contribution in [3.8, 4) is 0 Å². The molecule has 0 radical (unpaired) electrons. The highest BCUT2D eigenvalue weighted by Crippen LogP contribution is 2.23. The zero-order valence-electron chi connectivity index (χ0n) is 13.6. The van der Waals surface area contributed by atoms with E-state index in [1.807, 2.05) is 0 Å². The second kappa shape index (κ2) is 7.64. The van der Waals surface area contributed by atoms with Crippen LogP contribution in [0, 0.1) is 0 Å². The number of methoxy groups -OCH3 is 1. The maximum absolute atomic E-state index is 12.0. The lowest BCUT2D eigenvalue weighted by molar-refractivity contribution is -0.154. The molecule has 0 aromatic heterocycles. The average Bonchev–Trinajstić information content (AvgIpc) is 2.36. The van der Waals surface area contributed by atoms with Crippen molar-refractivity contribution in [1.29, 1.82) is 0 Å². The van der Waals surface area contributed by atoms with Gasteiger partial charge in [0, 0.05) is 13.5 Å². The molecule has 1 aliphatic carbocycles. The zero-order chi connectivity index (χ0) is 16.0. The van der Waals surface area contributed by atoms with Gasteiger partial charge in [0.05, 0.1) is 6.10 Å². The third-order valence-corrected chi connectivity index (χ3v) is 3.28. The highest BCUT2D eigenvalue weighted by Gasteiger charge is 2.28. The lowest BCUT2D eigenvalue weighted by Gasteiger charge is -2.29. The summed E-state index contributed by atoms with van der Waals surface area (Å²) in [5, 5.41) is 2.48. The molecule has 1 aliphatic rings. The number of hydrogen-bond donors (Lipinski definition) is 1. The minimum Gasteiger partial charge on any atom is -0.461 e. The first-order chi connectivity index (χ1) is 9.71. The van der Waals surface area contributed by atoms with Crippen LogP contribution in [0.3, 0.4) is 0 Å². The van der Waals surface area contributed by atoms with Crippen LogP contribution in [0.5, 0.6) is 0 Å². The van der Waals surface area contributed by atoms with E-state index in [-0.39, 0.29) is 12.2 Å². The fourth-order valence-electron chi connectivity index (χ4n) is 2.23. The van der Waals surface area contributed by atoms with Crippen LogP contribution in [0.15, 0.2) is 0 Å². The van der Waals surface area contributed by atoms with Gasteiger partial charge in [-0.25, -0.2) is 9.59 Å². The van der Waals surface area contributed by atoms with Crippen LogP contribution in [0.2, 0.25) is 0 Å². The number of nitrogens with one attached hydrogen (secondary N) is 1. The summed E-state index contributed by atoms with van der Waals surface area (Å²) in [5.41, 5.74) is -0.594. The van der Waals surface area contributed by atoms with Gasteiger partial charge < -0.3 is 19.5 Å². The van der Waals surface area contributed by atoms with Crippen molar-refractivity contribution >= 4 is 12.1 Å². The van der Waals surface area contributed by atoms with Gasteiger partial charge in [0.1, 0.15) is 17.7 Å². The molecule has 0 heterocycles. The molecule has 1 saturated carbocycles. The van der Waals surface area contributed by atoms with E-state index in [1.165, 1.54) is 0 Å². The fourth-order valence-corrected chi connectivity index (χ4v) is 2.23. The van der Waals surface area contributed by atoms with Crippen molar-refractivity contribution in [2.45, 2.75) is 77.2 Å². The minimum atomic E-state index is -0.734. The Morgan fingerprint density at radius 3 is 2.38 bits per heavy atom. The van der Waals surface area contributed by atoms with Crippen LogP contribution in [0.25, 0.3) is 0 Å². The standard InChI is InChI=1S/C15H27NO5/c1-10(16-14(18)21-15(2,3)4)13(17)20-12-8-6-7-11(9-12)19-5/h10-12H,6-9H2,1-5H3,(H,16,18)/t10-,11?,12?/m0/s1. The predicted octanol–water partition coefficient (Wildman–Crippen LogP) is 2.40. The molecule has 21 heavy (non-hydrogen) atoms. The van der Waals surface area contributed by atoms with Gasteiger partial charge in [0.25, 0.3) is 0 Å². The summed E-state index contributed by atoms with van der Waals surface area (Å²) in [5.74, 6) is -0.442. The van der Waals surface area contributed by atoms with Crippen molar-refractivity contribution in [3.05, 3.63) is 0 Å². The van der Waals surface area contributed by atoms with Crippen molar-refractivity contribution in [2.75, 3.05) is 7.11 Å². The number of alkyl carbamates (subject to hydrolysis) is 1. The predicted molar refractivity (Wildman–Crippen MR) is 78.0 cm³/mol. The van der Waals surface area contributed by atoms with E-state index in [0.717, 1.165) is 19.3 Å². The molecule has 0 bridgehead atoms. The van der Waals surface area contributed by atoms with E-state index >= 15 is 0 Å². The summed E-state index contributed by atoms with van der Waals surface area (Å²) < 4.78 is 15.8. The third-order valence-electron chi connectivity index (χ3n) is 3.28. The van der Waals surface area contributed by atoms with Crippen LogP contribution in [0.1, 0.15) is 53.4 Å². The summed E-state index contributed by atoms with van der Waals surface area (Å²) in [6, 6.07) is -0.734. The Bertz CT molecular complexity index is 364. The molecule has 122 valence electrons. The Kier molecular flexibility index (Phi) is 6.45. The van der Waals surface area contributed by atoms with Crippen LogP contribution in [0.4, 0.5) is 4.79 Å². The van der Waals surface area contributed by atoms with E-state index in [0.29, 0.717) is 6.42 Å². The zero-order valence-corrected chi connectivity index (χ0v) is 13.6. The molecule has 3 atom stereocenters. The second-order valence-corrected chi connectivity index (χ2v) is 6.45. The molecule has 1 rings (SSSR count). The lowest BCUT2D eigenvalue weighted by Crippen LogP contribution is -2.44. The topological polar surface area (TPSA) is 73.9 Å². The Morgan fingerprint density at radius 1 is 1.19 bits per heavy atom. The highest BCUT2D eigenvalue weighted by molar-refractivity contribution is 5.81. The first-order valence-electron chi connectivity index (χ1n) is 7.44. The quantitative estimate of drug-likeness (QED) is 0.807. The molecule has 1 fully saturated rings. The number of esters is 1. The largest absolute Gasteiger partial charge is 0.461 e. The monoisotopic (exact) mass is 301 g/mol. The molecule has 0 spiro atoms. The van der Waals surface area contributed by atoms with Gasteiger partial charge in [0.2, 0.25) is 0 Å². The van der Waals surface area contributed by atoms with Gasteiger partial charge in [-0.1, -0.05) is 0 Å². The number of carbonyl (C=O) groups is 2. The Labute approximate surface area is 126 Å². The number of carbonyl (C=O) groups excluding carboxylic acids is 2. The van der Waals surface area contributed by atoms with E-state index in [9.17, 15) is 9.59 Å². The van der Waals surface area contributed by atoms with Crippen LogP contribution in [-0.2, 0) is 19.0 Å². The summed E-state index contributed by atoms with van der Waals surface area (Å²) in [7, 11) is 1.67. The normalized spacial score (nSPS) is 24.0. The minimum absolute atomic E-state index is 0.140. The van der Waals surface area contributed by atoms with Gasteiger partial charge in [-0.3, -0.25) is 0 Å². The number of rotatable bonds is 4. The van der Waals surface area contributed by atoms with E-state index < -0.39 is 23.7 Å². The smallest absolute Gasteiger partial charge is 0.408 e. The fraction of sp³-hybridized carbons (Fsp3) is 0.867. The molecule has 1 amide bonds. The summed E-state index contributed by atoms with van der Waals surface area (Å²) >= 11 is 0. The maximum atomic E-state index is 12.0. The van der Waals surface area contributed by atoms with Crippen molar-refractivity contribution in [1.82, 2.24) is 5.32 Å². The molecule has 6 nitrogen and oxygen atoms in total. The molecule has 2 unspecified atom stereocenters. The molecular formula is C15H27NO5. The number of hydrogen-bond acceptors (Lipinski definition) is 5. The summed E-state index contributed by atoms with van der Waals surface area (Å²) in [4.78, 5) is 23.6. The van der Waals surface area contributed by atoms with E-state index in [1.54, 1.807) is 34.8 Å². The first kappa shape index (κ1) is 17.8. The molecule has 0 aromatic rings. The molecular weight excluding hydrogens is 274 g/mol. The van der Waals surface area contributed by atoms with Gasteiger partial charge in [-0.2, -0.15) is 0 Å². The van der Waals surface area contributed by atoms with Crippen LogP contribution >= 0.6 is 0 Å². The highest BCUT2D eigenvalue weighted by atomic mass is 16.6. The van der Waals surface area contributed by atoms with Gasteiger partial charge in [-0.05, 0) is 47.0 Å². The molecule has 1 N–H and O–H groups in total. The number of ether oxygens (including phenoxy) is 3. The van der Waals surface area contributed by atoms with Crippen molar-refractivity contribution in [2.24, 2.45) is 0 Å². The SMILES string of the molecule is COC1CCCC(OC(=O)[C@H](C)NC(=O)OC(C)(C)C)C1. The van der Waals surface area contributed by atoms with E-state index in [4.69, 9.17) is 14.2 Å². The first-order valence-corrected chi connectivity index (χ1v) is 7.44. The van der Waals surface area contributed by atoms with Gasteiger partial charge in [0.15, 0.2) is 0 Å². The maximum Gasteiger partial charge on any atom is 0.408 e. The van der Waals surface area contributed by atoms with Crippen LogP contribution in [-0.4, -0.2) is 43.0 Å². The lowest BCUT2D eigenvalue weighted by atomic mass is 9.95. The number of amides is 1.